The summed E-state index contributed by atoms with van der Waals surface area (Å²) in [6.45, 7) is 7.33. The molecule has 1 unspecified atom stereocenters. The van der Waals surface area contributed by atoms with Crippen molar-refractivity contribution in [3.8, 4) is 0 Å². The third-order valence-electron chi connectivity index (χ3n) is 4.89. The van der Waals surface area contributed by atoms with E-state index in [1.54, 1.807) is 6.92 Å². The van der Waals surface area contributed by atoms with Crippen molar-refractivity contribution in [2.75, 3.05) is 7.05 Å². The van der Waals surface area contributed by atoms with Crippen LogP contribution in [0, 0.1) is 0 Å². The van der Waals surface area contributed by atoms with Crippen LogP contribution in [0.2, 0.25) is 0 Å². The van der Waals surface area contributed by atoms with E-state index in [0.29, 0.717) is 19.0 Å². The summed E-state index contributed by atoms with van der Waals surface area (Å²) in [4.78, 5) is 27.0. The molecule has 0 aliphatic heterocycles. The molecule has 0 aliphatic carbocycles. The van der Waals surface area contributed by atoms with Gasteiger partial charge in [0.25, 0.3) is 0 Å². The number of carbonyl (C=O) groups is 2. The Morgan fingerprint density at radius 3 is 2.18 bits per heavy atom. The van der Waals surface area contributed by atoms with E-state index in [1.807, 2.05) is 48.5 Å². The minimum absolute atomic E-state index is 0.150. The zero-order chi connectivity index (χ0) is 20.5. The van der Waals surface area contributed by atoms with Gasteiger partial charge in [-0.05, 0) is 37.6 Å². The minimum Gasteiger partial charge on any atom is -0.350 e. The minimum atomic E-state index is -0.695. The summed E-state index contributed by atoms with van der Waals surface area (Å²) in [6, 6.07) is 17.2. The van der Waals surface area contributed by atoms with Crippen molar-refractivity contribution in [3.63, 3.8) is 0 Å². The molecule has 5 heteroatoms. The SMILES string of the molecule is CCC(=O)NC(C(=O)NCc1ccccc1CN(C)C(C)C)c1ccccc1. The molecule has 0 spiro atoms. The van der Waals surface area contributed by atoms with E-state index in [1.165, 1.54) is 5.56 Å². The van der Waals surface area contributed by atoms with Gasteiger partial charge in [-0.2, -0.15) is 0 Å². The molecule has 2 aromatic rings. The summed E-state index contributed by atoms with van der Waals surface area (Å²) < 4.78 is 0. The van der Waals surface area contributed by atoms with E-state index in [-0.39, 0.29) is 11.8 Å². The van der Waals surface area contributed by atoms with Gasteiger partial charge in [-0.25, -0.2) is 0 Å². The summed E-state index contributed by atoms with van der Waals surface area (Å²) in [6.07, 6.45) is 0.334. The van der Waals surface area contributed by atoms with Gasteiger partial charge in [0.1, 0.15) is 6.04 Å². The summed E-state index contributed by atoms with van der Waals surface area (Å²) in [5.41, 5.74) is 3.04. The van der Waals surface area contributed by atoms with Crippen molar-refractivity contribution in [3.05, 3.63) is 71.3 Å². The number of amides is 2. The van der Waals surface area contributed by atoms with E-state index in [0.717, 1.165) is 17.7 Å². The molecule has 0 aliphatic rings. The van der Waals surface area contributed by atoms with Crippen LogP contribution < -0.4 is 10.6 Å². The maximum atomic E-state index is 12.9. The van der Waals surface area contributed by atoms with Gasteiger partial charge >= 0.3 is 0 Å². The molecule has 2 amide bonds. The number of benzene rings is 2. The molecule has 0 saturated heterocycles. The molecule has 2 rings (SSSR count). The van der Waals surface area contributed by atoms with E-state index in [4.69, 9.17) is 0 Å². The topological polar surface area (TPSA) is 61.4 Å². The molecule has 1 atom stereocenters. The first-order valence-electron chi connectivity index (χ1n) is 9.81. The van der Waals surface area contributed by atoms with Crippen molar-refractivity contribution in [2.24, 2.45) is 0 Å². The van der Waals surface area contributed by atoms with Crippen LogP contribution in [-0.2, 0) is 22.7 Å². The highest BCUT2D eigenvalue weighted by Gasteiger charge is 2.22. The summed E-state index contributed by atoms with van der Waals surface area (Å²) in [7, 11) is 2.09. The monoisotopic (exact) mass is 381 g/mol. The normalized spacial score (nSPS) is 12.1. The Morgan fingerprint density at radius 1 is 0.964 bits per heavy atom. The van der Waals surface area contributed by atoms with Crippen LogP contribution in [-0.4, -0.2) is 29.8 Å². The molecule has 0 fully saturated rings. The lowest BCUT2D eigenvalue weighted by molar-refractivity contribution is -0.129. The Bertz CT molecular complexity index is 774. The molecule has 0 bridgehead atoms. The highest BCUT2D eigenvalue weighted by molar-refractivity contribution is 5.88. The first kappa shape index (κ1) is 21.6. The molecular weight excluding hydrogens is 350 g/mol. The molecule has 2 aromatic carbocycles. The van der Waals surface area contributed by atoms with Crippen molar-refractivity contribution >= 4 is 11.8 Å². The molecule has 2 N–H and O–H groups in total. The van der Waals surface area contributed by atoms with Gasteiger partial charge in [0, 0.05) is 25.6 Å². The van der Waals surface area contributed by atoms with Gasteiger partial charge in [-0.3, -0.25) is 14.5 Å². The zero-order valence-corrected chi connectivity index (χ0v) is 17.2. The molecule has 0 aromatic heterocycles. The number of hydrogen-bond donors (Lipinski definition) is 2. The van der Waals surface area contributed by atoms with Crippen LogP contribution >= 0.6 is 0 Å². The Kier molecular flexibility index (Phi) is 8.20. The fourth-order valence-electron chi connectivity index (χ4n) is 2.83. The second-order valence-electron chi connectivity index (χ2n) is 7.26. The summed E-state index contributed by atoms with van der Waals surface area (Å²) >= 11 is 0. The lowest BCUT2D eigenvalue weighted by Gasteiger charge is -2.23. The number of nitrogens with one attached hydrogen (secondary N) is 2. The Morgan fingerprint density at radius 2 is 1.57 bits per heavy atom. The van der Waals surface area contributed by atoms with Gasteiger partial charge in [0.05, 0.1) is 0 Å². The van der Waals surface area contributed by atoms with Crippen LogP contribution in [0.4, 0.5) is 0 Å². The van der Waals surface area contributed by atoms with E-state index >= 15 is 0 Å². The Balaban J connectivity index is 2.11. The molecule has 0 radical (unpaired) electrons. The van der Waals surface area contributed by atoms with Crippen molar-refractivity contribution in [1.82, 2.24) is 15.5 Å². The van der Waals surface area contributed by atoms with Crippen LogP contribution in [0.5, 0.6) is 0 Å². The fraction of sp³-hybridized carbons (Fsp3) is 0.391. The maximum Gasteiger partial charge on any atom is 0.247 e. The lowest BCUT2D eigenvalue weighted by atomic mass is 10.0. The average Bonchev–Trinajstić information content (AvgIpc) is 2.71. The van der Waals surface area contributed by atoms with Crippen LogP contribution in [0.3, 0.4) is 0 Å². The molecule has 0 heterocycles. The predicted molar refractivity (Wildman–Crippen MR) is 113 cm³/mol. The average molecular weight is 382 g/mol. The van der Waals surface area contributed by atoms with Crippen molar-refractivity contribution in [2.45, 2.75) is 52.4 Å². The molecule has 0 saturated carbocycles. The third kappa shape index (κ3) is 6.20. The summed E-state index contributed by atoms with van der Waals surface area (Å²) in [5.74, 6) is -0.358. The zero-order valence-electron chi connectivity index (χ0n) is 17.2. The first-order valence-corrected chi connectivity index (χ1v) is 9.81. The number of carbonyl (C=O) groups excluding carboxylic acids is 2. The Hall–Kier alpha value is -2.66. The quantitative estimate of drug-likeness (QED) is 0.700. The predicted octanol–water partition coefficient (Wildman–Crippen LogP) is 3.41. The van der Waals surface area contributed by atoms with Gasteiger partial charge < -0.3 is 10.6 Å². The van der Waals surface area contributed by atoms with Gasteiger partial charge in [-0.1, -0.05) is 61.5 Å². The fourth-order valence-corrected chi connectivity index (χ4v) is 2.83. The lowest BCUT2D eigenvalue weighted by Crippen LogP contribution is -2.40. The molecular formula is C23H31N3O2. The van der Waals surface area contributed by atoms with E-state index < -0.39 is 6.04 Å². The first-order chi connectivity index (χ1) is 13.4. The molecule has 150 valence electrons. The standard InChI is InChI=1S/C23H31N3O2/c1-5-21(27)25-22(18-11-7-6-8-12-18)23(28)24-15-19-13-9-10-14-20(19)16-26(4)17(2)3/h6-14,17,22H,5,15-16H2,1-4H3,(H,24,28)(H,25,27). The second-order valence-corrected chi connectivity index (χ2v) is 7.26. The van der Waals surface area contributed by atoms with Gasteiger partial charge in [-0.15, -0.1) is 0 Å². The van der Waals surface area contributed by atoms with E-state index in [9.17, 15) is 9.59 Å². The van der Waals surface area contributed by atoms with E-state index in [2.05, 4.69) is 42.5 Å². The van der Waals surface area contributed by atoms with Crippen LogP contribution in [0.1, 0.15) is 49.9 Å². The number of nitrogens with zero attached hydrogens (tertiary/aromatic N) is 1. The summed E-state index contributed by atoms with van der Waals surface area (Å²) in [5, 5.41) is 5.82. The van der Waals surface area contributed by atoms with Crippen LogP contribution in [0.25, 0.3) is 0 Å². The maximum absolute atomic E-state index is 12.9. The number of hydrogen-bond acceptors (Lipinski definition) is 3. The van der Waals surface area contributed by atoms with Gasteiger partial charge in [0.2, 0.25) is 11.8 Å². The number of rotatable bonds is 9. The Labute approximate surface area is 168 Å². The highest BCUT2D eigenvalue weighted by Crippen LogP contribution is 2.15. The van der Waals surface area contributed by atoms with Crippen LogP contribution in [0.15, 0.2) is 54.6 Å². The largest absolute Gasteiger partial charge is 0.350 e. The van der Waals surface area contributed by atoms with Gasteiger partial charge in [0.15, 0.2) is 0 Å². The van der Waals surface area contributed by atoms with Crippen molar-refractivity contribution < 1.29 is 9.59 Å². The smallest absolute Gasteiger partial charge is 0.247 e. The third-order valence-corrected chi connectivity index (χ3v) is 4.89. The van der Waals surface area contributed by atoms with Crippen molar-refractivity contribution in [1.29, 1.82) is 0 Å². The second kappa shape index (κ2) is 10.6. The molecule has 5 nitrogen and oxygen atoms in total. The molecule has 28 heavy (non-hydrogen) atoms. The highest BCUT2D eigenvalue weighted by atomic mass is 16.2.